The number of carbonyl (C=O) groups is 2. The minimum atomic E-state index is -4.51. The molecule has 10 heteroatoms. The first kappa shape index (κ1) is 24.3. The highest BCUT2D eigenvalue weighted by molar-refractivity contribution is 6.33. The first-order chi connectivity index (χ1) is 16.2. The number of aromatic nitrogens is 1. The molecule has 2 aliphatic rings. The molecule has 2 fully saturated rings. The second-order valence-electron chi connectivity index (χ2n) is 8.82. The number of piperidine rings is 1. The van der Waals surface area contributed by atoms with E-state index in [2.05, 4.69) is 15.6 Å². The van der Waals surface area contributed by atoms with E-state index in [0.717, 1.165) is 30.7 Å². The van der Waals surface area contributed by atoms with Gasteiger partial charge in [-0.1, -0.05) is 41.9 Å². The van der Waals surface area contributed by atoms with Crippen molar-refractivity contribution in [2.24, 2.45) is 5.92 Å². The minimum Gasteiger partial charge on any atom is -0.355 e. The summed E-state index contributed by atoms with van der Waals surface area (Å²) in [5.41, 5.74) is 0.0565. The van der Waals surface area contributed by atoms with Crippen molar-refractivity contribution in [3.05, 3.63) is 58.7 Å². The zero-order valence-corrected chi connectivity index (χ0v) is 19.2. The van der Waals surface area contributed by atoms with Crippen LogP contribution in [0.15, 0.2) is 42.6 Å². The number of amides is 2. The zero-order valence-electron chi connectivity index (χ0n) is 18.4. The van der Waals surface area contributed by atoms with Gasteiger partial charge in [-0.15, -0.1) is 0 Å². The van der Waals surface area contributed by atoms with E-state index in [4.69, 9.17) is 11.6 Å². The Morgan fingerprint density at radius 1 is 1.12 bits per heavy atom. The van der Waals surface area contributed by atoms with Gasteiger partial charge in [-0.05, 0) is 37.3 Å². The van der Waals surface area contributed by atoms with Gasteiger partial charge in [0.15, 0.2) is 0 Å². The number of hydrogen-bond acceptors (Lipinski definition) is 4. The first-order valence-corrected chi connectivity index (χ1v) is 11.7. The SMILES string of the molecule is O=C(NC(Cc1ccccc1)C(=O)NC1CC1)C1CCN(c2ncc(C(F)(F)F)cc2Cl)CC1. The van der Waals surface area contributed by atoms with Crippen LogP contribution in [0.5, 0.6) is 0 Å². The van der Waals surface area contributed by atoms with Gasteiger partial charge in [0.2, 0.25) is 11.8 Å². The third-order valence-electron chi connectivity index (χ3n) is 6.15. The molecule has 2 aromatic rings. The fraction of sp³-hybridized carbons (Fsp3) is 0.458. The van der Waals surface area contributed by atoms with Crippen LogP contribution >= 0.6 is 11.6 Å². The predicted octanol–water partition coefficient (Wildman–Crippen LogP) is 3.98. The monoisotopic (exact) mass is 494 g/mol. The van der Waals surface area contributed by atoms with Gasteiger partial charge in [-0.25, -0.2) is 4.98 Å². The number of halogens is 4. The van der Waals surface area contributed by atoms with Gasteiger partial charge >= 0.3 is 6.18 Å². The molecular weight excluding hydrogens is 469 g/mol. The van der Waals surface area contributed by atoms with E-state index in [9.17, 15) is 22.8 Å². The molecule has 0 bridgehead atoms. The first-order valence-electron chi connectivity index (χ1n) is 11.3. The molecule has 2 heterocycles. The van der Waals surface area contributed by atoms with Gasteiger partial charge in [-0.2, -0.15) is 13.2 Å². The van der Waals surface area contributed by atoms with Gasteiger partial charge in [-0.3, -0.25) is 9.59 Å². The molecule has 2 N–H and O–H groups in total. The number of nitrogens with zero attached hydrogens (tertiary/aromatic N) is 2. The highest BCUT2D eigenvalue weighted by Crippen LogP contribution is 2.34. The summed E-state index contributed by atoms with van der Waals surface area (Å²) in [6, 6.07) is 9.91. The third kappa shape index (κ3) is 6.20. The van der Waals surface area contributed by atoms with Crippen LogP contribution in [0.1, 0.15) is 36.8 Å². The molecular formula is C24H26ClF3N4O2. The van der Waals surface area contributed by atoms with Crippen molar-refractivity contribution in [1.29, 1.82) is 0 Å². The summed E-state index contributed by atoms with van der Waals surface area (Å²) in [4.78, 5) is 31.4. The largest absolute Gasteiger partial charge is 0.417 e. The maximum atomic E-state index is 13.0. The number of pyridine rings is 1. The number of benzene rings is 1. The lowest BCUT2D eigenvalue weighted by Crippen LogP contribution is -2.51. The molecule has 1 aliphatic heterocycles. The van der Waals surface area contributed by atoms with Crippen LogP contribution in [0.25, 0.3) is 0 Å². The summed E-state index contributed by atoms with van der Waals surface area (Å²) >= 11 is 6.07. The van der Waals surface area contributed by atoms with Gasteiger partial charge in [0.05, 0.1) is 10.6 Å². The summed E-state index contributed by atoms with van der Waals surface area (Å²) in [5.74, 6) is -0.411. The van der Waals surface area contributed by atoms with Crippen LogP contribution < -0.4 is 15.5 Å². The van der Waals surface area contributed by atoms with E-state index in [1.54, 1.807) is 4.90 Å². The van der Waals surface area contributed by atoms with Crippen LogP contribution in [0, 0.1) is 5.92 Å². The Hall–Kier alpha value is -2.81. The molecule has 1 saturated heterocycles. The molecule has 1 aromatic heterocycles. The molecule has 1 aliphatic carbocycles. The minimum absolute atomic E-state index is 0.0719. The van der Waals surface area contributed by atoms with Crippen molar-refractivity contribution in [2.75, 3.05) is 18.0 Å². The van der Waals surface area contributed by atoms with E-state index in [1.165, 1.54) is 0 Å². The van der Waals surface area contributed by atoms with Gasteiger partial charge in [0.1, 0.15) is 11.9 Å². The smallest absolute Gasteiger partial charge is 0.355 e. The molecule has 1 unspecified atom stereocenters. The third-order valence-corrected chi connectivity index (χ3v) is 6.43. The molecule has 0 radical (unpaired) electrons. The standard InChI is InChI=1S/C24H26ClF3N4O2/c25-19-13-17(24(26,27)28)14-29-21(19)32-10-8-16(9-11-32)22(33)31-20(23(34)30-18-6-7-18)12-15-4-2-1-3-5-15/h1-5,13-14,16,18,20H,6-12H2,(H,30,34)(H,31,33). The summed E-state index contributed by atoms with van der Waals surface area (Å²) in [6.45, 7) is 0.849. The average molecular weight is 495 g/mol. The average Bonchev–Trinajstić information content (AvgIpc) is 3.63. The second kappa shape index (κ2) is 10.2. The molecule has 4 rings (SSSR count). The summed E-state index contributed by atoms with van der Waals surface area (Å²) in [7, 11) is 0. The van der Waals surface area contributed by atoms with E-state index < -0.39 is 17.8 Å². The molecule has 1 atom stereocenters. The summed E-state index contributed by atoms with van der Waals surface area (Å²) in [5, 5.41) is 5.82. The topological polar surface area (TPSA) is 74.3 Å². The molecule has 2 amide bonds. The van der Waals surface area contributed by atoms with Crippen LogP contribution in [0.4, 0.5) is 19.0 Å². The lowest BCUT2D eigenvalue weighted by molar-refractivity contribution is -0.137. The molecule has 1 saturated carbocycles. The maximum Gasteiger partial charge on any atom is 0.417 e. The van der Waals surface area contributed by atoms with Crippen molar-refractivity contribution in [3.63, 3.8) is 0 Å². The fourth-order valence-corrected chi connectivity index (χ4v) is 4.34. The number of carbonyl (C=O) groups excluding carboxylic acids is 2. The lowest BCUT2D eigenvalue weighted by atomic mass is 9.95. The molecule has 1 aromatic carbocycles. The Morgan fingerprint density at radius 2 is 1.79 bits per heavy atom. The zero-order chi connectivity index (χ0) is 24.3. The highest BCUT2D eigenvalue weighted by atomic mass is 35.5. The Morgan fingerprint density at radius 3 is 2.38 bits per heavy atom. The molecule has 6 nitrogen and oxygen atoms in total. The summed E-state index contributed by atoms with van der Waals surface area (Å²) < 4.78 is 38.6. The Balaban J connectivity index is 1.36. The van der Waals surface area contributed by atoms with Crippen LogP contribution in [0.2, 0.25) is 5.02 Å². The number of alkyl halides is 3. The van der Waals surface area contributed by atoms with Crippen LogP contribution in [0.3, 0.4) is 0 Å². The van der Waals surface area contributed by atoms with Gasteiger partial charge in [0, 0.05) is 37.7 Å². The fourth-order valence-electron chi connectivity index (χ4n) is 4.05. The van der Waals surface area contributed by atoms with E-state index in [0.29, 0.717) is 32.4 Å². The quantitative estimate of drug-likeness (QED) is 0.610. The van der Waals surface area contributed by atoms with Crippen LogP contribution in [-0.2, 0) is 22.2 Å². The highest BCUT2D eigenvalue weighted by Gasteiger charge is 2.34. The number of anilines is 1. The molecule has 182 valence electrons. The predicted molar refractivity (Wildman–Crippen MR) is 122 cm³/mol. The van der Waals surface area contributed by atoms with E-state index in [1.807, 2.05) is 30.3 Å². The number of nitrogens with one attached hydrogen (secondary N) is 2. The summed E-state index contributed by atoms with van der Waals surface area (Å²) in [6.07, 6.45) is -0.474. The normalized spacial score (nSPS) is 17.8. The van der Waals surface area contributed by atoms with Crippen molar-refractivity contribution in [1.82, 2.24) is 15.6 Å². The van der Waals surface area contributed by atoms with E-state index >= 15 is 0 Å². The Kier molecular flexibility index (Phi) is 7.30. The van der Waals surface area contributed by atoms with E-state index in [-0.39, 0.29) is 34.6 Å². The molecule has 0 spiro atoms. The van der Waals surface area contributed by atoms with Crippen molar-refractivity contribution < 1.29 is 22.8 Å². The second-order valence-corrected chi connectivity index (χ2v) is 9.23. The lowest BCUT2D eigenvalue weighted by Gasteiger charge is -2.33. The number of hydrogen-bond donors (Lipinski definition) is 2. The maximum absolute atomic E-state index is 13.0. The van der Waals surface area contributed by atoms with Crippen molar-refractivity contribution >= 4 is 29.2 Å². The van der Waals surface area contributed by atoms with Crippen molar-refractivity contribution in [2.45, 2.75) is 50.4 Å². The molecule has 34 heavy (non-hydrogen) atoms. The van der Waals surface area contributed by atoms with Crippen molar-refractivity contribution in [3.8, 4) is 0 Å². The Bertz CT molecular complexity index is 1020. The van der Waals surface area contributed by atoms with Crippen LogP contribution in [-0.4, -0.2) is 42.0 Å². The van der Waals surface area contributed by atoms with Gasteiger partial charge < -0.3 is 15.5 Å². The Labute approximate surface area is 200 Å². The number of rotatable bonds is 7. The van der Waals surface area contributed by atoms with Gasteiger partial charge in [0.25, 0.3) is 0 Å².